The van der Waals surface area contributed by atoms with E-state index >= 15 is 0 Å². The SMILES string of the molecule is CC1CN(C(=O)CC#N)C12CCN(c1ncnc3c1CC=CN3)C2. The average molecular weight is 324 g/mol. The predicted molar refractivity (Wildman–Crippen MR) is 89.2 cm³/mol. The number of rotatable bonds is 2. The third kappa shape index (κ3) is 2.06. The summed E-state index contributed by atoms with van der Waals surface area (Å²) in [5.74, 6) is 2.22. The molecule has 1 amide bonds. The van der Waals surface area contributed by atoms with Crippen LogP contribution in [0.5, 0.6) is 0 Å². The molecular weight excluding hydrogens is 304 g/mol. The van der Waals surface area contributed by atoms with Crippen molar-refractivity contribution >= 4 is 17.5 Å². The fourth-order valence-corrected chi connectivity index (χ4v) is 4.22. The fourth-order valence-electron chi connectivity index (χ4n) is 4.22. The molecule has 7 heteroatoms. The highest BCUT2D eigenvalue weighted by atomic mass is 16.2. The van der Waals surface area contributed by atoms with Gasteiger partial charge in [0.25, 0.3) is 0 Å². The van der Waals surface area contributed by atoms with Crippen LogP contribution in [0.15, 0.2) is 18.6 Å². The van der Waals surface area contributed by atoms with Crippen molar-refractivity contribution in [2.75, 3.05) is 29.9 Å². The van der Waals surface area contributed by atoms with Gasteiger partial charge in [-0.05, 0) is 25.0 Å². The lowest BCUT2D eigenvalue weighted by Gasteiger charge is -2.55. The van der Waals surface area contributed by atoms with E-state index in [2.05, 4.69) is 33.2 Å². The van der Waals surface area contributed by atoms with E-state index in [0.29, 0.717) is 5.92 Å². The summed E-state index contributed by atoms with van der Waals surface area (Å²) in [6.07, 6.45) is 7.26. The molecule has 1 spiro atoms. The number of aromatic nitrogens is 2. The third-order valence-electron chi connectivity index (χ3n) is 5.60. The summed E-state index contributed by atoms with van der Waals surface area (Å²) < 4.78 is 0. The number of allylic oxidation sites excluding steroid dienone is 1. The van der Waals surface area contributed by atoms with Crippen LogP contribution < -0.4 is 10.2 Å². The molecule has 0 radical (unpaired) electrons. The van der Waals surface area contributed by atoms with Gasteiger partial charge in [-0.15, -0.1) is 0 Å². The second-order valence-corrected chi connectivity index (χ2v) is 6.79. The molecule has 24 heavy (non-hydrogen) atoms. The first-order chi connectivity index (χ1) is 11.7. The monoisotopic (exact) mass is 324 g/mol. The van der Waals surface area contributed by atoms with Gasteiger partial charge in [0.15, 0.2) is 0 Å². The van der Waals surface area contributed by atoms with Gasteiger partial charge in [0, 0.05) is 25.2 Å². The van der Waals surface area contributed by atoms with Crippen LogP contribution in [-0.4, -0.2) is 45.9 Å². The van der Waals surface area contributed by atoms with Crippen LogP contribution >= 0.6 is 0 Å². The van der Waals surface area contributed by atoms with Crippen LogP contribution in [0.4, 0.5) is 11.6 Å². The molecule has 7 nitrogen and oxygen atoms in total. The van der Waals surface area contributed by atoms with Crippen LogP contribution in [0.3, 0.4) is 0 Å². The molecule has 2 saturated heterocycles. The molecule has 1 N–H and O–H groups in total. The summed E-state index contributed by atoms with van der Waals surface area (Å²) in [7, 11) is 0. The molecule has 0 saturated carbocycles. The van der Waals surface area contributed by atoms with Crippen molar-refractivity contribution in [2.45, 2.75) is 31.7 Å². The Morgan fingerprint density at radius 1 is 1.54 bits per heavy atom. The average Bonchev–Trinajstić information content (AvgIpc) is 3.07. The number of carbonyl (C=O) groups is 1. The molecule has 1 aromatic rings. The molecule has 0 bridgehead atoms. The quantitative estimate of drug-likeness (QED) is 0.882. The van der Waals surface area contributed by atoms with Crippen LogP contribution in [0.25, 0.3) is 0 Å². The maximum Gasteiger partial charge on any atom is 0.237 e. The lowest BCUT2D eigenvalue weighted by molar-refractivity contribution is -0.152. The molecule has 2 fully saturated rings. The van der Waals surface area contributed by atoms with Gasteiger partial charge in [0.1, 0.15) is 24.4 Å². The summed E-state index contributed by atoms with van der Waals surface area (Å²) in [6.45, 7) is 4.59. The van der Waals surface area contributed by atoms with Crippen LogP contribution in [0.2, 0.25) is 0 Å². The van der Waals surface area contributed by atoms with Crippen molar-refractivity contribution in [2.24, 2.45) is 5.92 Å². The number of fused-ring (bicyclic) bond motifs is 1. The highest BCUT2D eigenvalue weighted by Crippen LogP contribution is 2.45. The summed E-state index contributed by atoms with van der Waals surface area (Å²) in [5.41, 5.74) is 0.961. The zero-order valence-electron chi connectivity index (χ0n) is 13.7. The first-order valence-electron chi connectivity index (χ1n) is 8.33. The molecule has 3 aliphatic rings. The van der Waals surface area contributed by atoms with E-state index in [1.807, 2.05) is 17.2 Å². The molecular formula is C17H20N6O. The molecule has 3 aliphatic heterocycles. The van der Waals surface area contributed by atoms with Crippen LogP contribution in [0.1, 0.15) is 25.3 Å². The Bertz CT molecular complexity index is 754. The zero-order chi connectivity index (χ0) is 16.7. The third-order valence-corrected chi connectivity index (χ3v) is 5.60. The molecule has 4 heterocycles. The van der Waals surface area contributed by atoms with Gasteiger partial charge in [-0.2, -0.15) is 5.26 Å². The lowest BCUT2D eigenvalue weighted by Crippen LogP contribution is -2.69. The molecule has 0 aliphatic carbocycles. The fraction of sp³-hybridized carbons (Fsp3) is 0.529. The van der Waals surface area contributed by atoms with E-state index in [1.54, 1.807) is 6.33 Å². The standard InChI is InChI=1S/C17H20N6O/c1-12-9-23(14(24)4-6-18)17(12)5-8-22(10-17)16-13-3-2-7-19-15(13)20-11-21-16/h2,7,11-12H,3-5,8-10H2,1H3,(H,19,20,21). The van der Waals surface area contributed by atoms with Crippen molar-refractivity contribution in [3.63, 3.8) is 0 Å². The number of amides is 1. The minimum Gasteiger partial charge on any atom is -0.354 e. The molecule has 2 unspecified atom stereocenters. The van der Waals surface area contributed by atoms with E-state index in [9.17, 15) is 4.79 Å². The summed E-state index contributed by atoms with van der Waals surface area (Å²) in [6, 6.07) is 1.98. The number of anilines is 2. The lowest BCUT2D eigenvalue weighted by atomic mass is 9.74. The summed E-state index contributed by atoms with van der Waals surface area (Å²) in [5, 5.41) is 12.0. The highest BCUT2D eigenvalue weighted by Gasteiger charge is 2.56. The van der Waals surface area contributed by atoms with Crippen LogP contribution in [-0.2, 0) is 11.2 Å². The van der Waals surface area contributed by atoms with Gasteiger partial charge >= 0.3 is 0 Å². The Kier molecular flexibility index (Phi) is 3.41. The molecule has 2 atom stereocenters. The highest BCUT2D eigenvalue weighted by molar-refractivity contribution is 5.80. The van der Waals surface area contributed by atoms with Gasteiger partial charge < -0.3 is 15.1 Å². The Morgan fingerprint density at radius 3 is 3.21 bits per heavy atom. The number of likely N-dealkylation sites (tertiary alicyclic amines) is 1. The van der Waals surface area contributed by atoms with Crippen molar-refractivity contribution in [1.29, 1.82) is 5.26 Å². The number of carbonyl (C=O) groups excluding carboxylic acids is 1. The number of nitrogens with zero attached hydrogens (tertiary/aromatic N) is 5. The van der Waals surface area contributed by atoms with Crippen molar-refractivity contribution in [3.05, 3.63) is 24.2 Å². The minimum absolute atomic E-state index is 0.0356. The number of nitrogens with one attached hydrogen (secondary N) is 1. The maximum atomic E-state index is 12.2. The normalized spacial score (nSPS) is 27.4. The summed E-state index contributed by atoms with van der Waals surface area (Å²) >= 11 is 0. The Balaban J connectivity index is 1.59. The number of hydrogen-bond acceptors (Lipinski definition) is 6. The van der Waals surface area contributed by atoms with E-state index in [4.69, 9.17) is 5.26 Å². The Labute approximate surface area is 141 Å². The van der Waals surface area contributed by atoms with Gasteiger partial charge in [0.2, 0.25) is 5.91 Å². The largest absolute Gasteiger partial charge is 0.354 e. The van der Waals surface area contributed by atoms with Gasteiger partial charge in [0.05, 0.1) is 11.6 Å². The zero-order valence-corrected chi connectivity index (χ0v) is 13.7. The molecule has 0 aromatic carbocycles. The van der Waals surface area contributed by atoms with Crippen LogP contribution in [0, 0.1) is 17.2 Å². The smallest absolute Gasteiger partial charge is 0.237 e. The second-order valence-electron chi connectivity index (χ2n) is 6.79. The van der Waals surface area contributed by atoms with E-state index in [1.165, 1.54) is 0 Å². The van der Waals surface area contributed by atoms with Crippen molar-refractivity contribution in [3.8, 4) is 6.07 Å². The second kappa shape index (κ2) is 5.48. The Hall–Kier alpha value is -2.62. The van der Waals surface area contributed by atoms with E-state index in [0.717, 1.165) is 49.7 Å². The van der Waals surface area contributed by atoms with Gasteiger partial charge in [-0.25, -0.2) is 9.97 Å². The molecule has 4 rings (SSSR count). The van der Waals surface area contributed by atoms with Gasteiger partial charge in [-0.3, -0.25) is 4.79 Å². The first kappa shape index (κ1) is 14.9. The first-order valence-corrected chi connectivity index (χ1v) is 8.33. The maximum absolute atomic E-state index is 12.2. The predicted octanol–water partition coefficient (Wildman–Crippen LogP) is 1.30. The molecule has 124 valence electrons. The van der Waals surface area contributed by atoms with Gasteiger partial charge in [-0.1, -0.05) is 13.0 Å². The van der Waals surface area contributed by atoms with E-state index < -0.39 is 0 Å². The topological polar surface area (TPSA) is 85.2 Å². The number of nitriles is 1. The van der Waals surface area contributed by atoms with E-state index in [-0.39, 0.29) is 17.9 Å². The minimum atomic E-state index is -0.149. The number of hydrogen-bond donors (Lipinski definition) is 1. The molecule has 1 aromatic heterocycles. The Morgan fingerprint density at radius 2 is 2.42 bits per heavy atom. The summed E-state index contributed by atoms with van der Waals surface area (Å²) in [4.78, 5) is 25.2. The van der Waals surface area contributed by atoms with Crippen molar-refractivity contribution in [1.82, 2.24) is 14.9 Å². The van der Waals surface area contributed by atoms with Crippen molar-refractivity contribution < 1.29 is 4.79 Å².